The van der Waals surface area contributed by atoms with E-state index in [2.05, 4.69) is 10.4 Å². The van der Waals surface area contributed by atoms with E-state index >= 15 is 0 Å². The molecule has 0 unspecified atom stereocenters. The van der Waals surface area contributed by atoms with Gasteiger partial charge in [-0.3, -0.25) is 10.8 Å². The topological polar surface area (TPSA) is 50.9 Å². The average Bonchev–Trinajstić information content (AvgIpc) is 2.35. The van der Waals surface area contributed by atoms with Gasteiger partial charge in [0.2, 0.25) is 0 Å². The zero-order chi connectivity index (χ0) is 12.4. The SMILES string of the molecule is NNc1ccnc(-c2cc(F)c(F)c(F)c2)c1. The van der Waals surface area contributed by atoms with E-state index in [1.54, 1.807) is 6.07 Å². The number of nitrogens with two attached hydrogens (primary N) is 1. The van der Waals surface area contributed by atoms with Gasteiger partial charge in [-0.05, 0) is 24.3 Å². The standard InChI is InChI=1S/C11H8F3N3/c12-8-3-6(4-9(13)11(8)14)10-5-7(17-15)1-2-16-10/h1-5H,15H2,(H,16,17). The summed E-state index contributed by atoms with van der Waals surface area (Å²) in [4.78, 5) is 3.92. The molecule has 0 aliphatic carbocycles. The molecule has 0 spiro atoms. The van der Waals surface area contributed by atoms with Gasteiger partial charge in [-0.15, -0.1) is 0 Å². The molecule has 17 heavy (non-hydrogen) atoms. The fourth-order valence-corrected chi connectivity index (χ4v) is 1.38. The molecule has 88 valence electrons. The Balaban J connectivity index is 2.52. The third-order valence-corrected chi connectivity index (χ3v) is 2.21. The summed E-state index contributed by atoms with van der Waals surface area (Å²) in [6, 6.07) is 4.83. The molecule has 1 aromatic heterocycles. The van der Waals surface area contributed by atoms with Crippen LogP contribution in [0.4, 0.5) is 18.9 Å². The number of rotatable bonds is 2. The number of hydrogen-bond acceptors (Lipinski definition) is 3. The lowest BCUT2D eigenvalue weighted by molar-refractivity contribution is 0.447. The average molecular weight is 239 g/mol. The predicted octanol–water partition coefficient (Wildman–Crippen LogP) is 2.45. The summed E-state index contributed by atoms with van der Waals surface area (Å²) in [7, 11) is 0. The summed E-state index contributed by atoms with van der Waals surface area (Å²) in [5.41, 5.74) is 3.33. The molecule has 0 saturated heterocycles. The summed E-state index contributed by atoms with van der Waals surface area (Å²) in [6.07, 6.45) is 1.42. The van der Waals surface area contributed by atoms with Gasteiger partial charge in [0.05, 0.1) is 11.4 Å². The van der Waals surface area contributed by atoms with E-state index in [4.69, 9.17) is 5.84 Å². The van der Waals surface area contributed by atoms with Crippen LogP contribution in [0.1, 0.15) is 0 Å². The van der Waals surface area contributed by atoms with Gasteiger partial charge in [0.25, 0.3) is 0 Å². The first-order valence-corrected chi connectivity index (χ1v) is 4.69. The monoisotopic (exact) mass is 239 g/mol. The van der Waals surface area contributed by atoms with E-state index in [0.29, 0.717) is 11.4 Å². The second-order valence-corrected chi connectivity index (χ2v) is 3.33. The van der Waals surface area contributed by atoms with Gasteiger partial charge < -0.3 is 5.43 Å². The molecule has 0 radical (unpaired) electrons. The lowest BCUT2D eigenvalue weighted by Crippen LogP contribution is -2.06. The van der Waals surface area contributed by atoms with Gasteiger partial charge in [-0.2, -0.15) is 0 Å². The van der Waals surface area contributed by atoms with Gasteiger partial charge in [0, 0.05) is 11.8 Å². The molecule has 0 bridgehead atoms. The van der Waals surface area contributed by atoms with Crippen molar-refractivity contribution < 1.29 is 13.2 Å². The Morgan fingerprint density at radius 1 is 1.06 bits per heavy atom. The number of pyridine rings is 1. The molecular weight excluding hydrogens is 231 g/mol. The van der Waals surface area contributed by atoms with Crippen molar-refractivity contribution in [2.75, 3.05) is 5.43 Å². The number of aromatic nitrogens is 1. The minimum atomic E-state index is -1.50. The van der Waals surface area contributed by atoms with Crippen molar-refractivity contribution in [1.29, 1.82) is 0 Å². The number of nitrogens with zero attached hydrogens (tertiary/aromatic N) is 1. The number of hydrazine groups is 1. The maximum atomic E-state index is 13.0. The van der Waals surface area contributed by atoms with Crippen molar-refractivity contribution in [2.24, 2.45) is 5.84 Å². The zero-order valence-electron chi connectivity index (χ0n) is 8.55. The second kappa shape index (κ2) is 4.42. The number of nitrogen functional groups attached to an aromatic ring is 1. The largest absolute Gasteiger partial charge is 0.324 e. The normalized spacial score (nSPS) is 10.4. The molecular formula is C11H8F3N3. The van der Waals surface area contributed by atoms with E-state index in [1.807, 2.05) is 0 Å². The molecule has 0 amide bonds. The zero-order valence-corrected chi connectivity index (χ0v) is 8.55. The molecule has 6 heteroatoms. The number of hydrogen-bond donors (Lipinski definition) is 2. The van der Waals surface area contributed by atoms with E-state index in [1.165, 1.54) is 12.3 Å². The highest BCUT2D eigenvalue weighted by Gasteiger charge is 2.12. The van der Waals surface area contributed by atoms with Gasteiger partial charge >= 0.3 is 0 Å². The Hall–Kier alpha value is -2.08. The predicted molar refractivity (Wildman–Crippen MR) is 57.4 cm³/mol. The quantitative estimate of drug-likeness (QED) is 0.481. The fourth-order valence-electron chi connectivity index (χ4n) is 1.38. The molecule has 1 heterocycles. The molecule has 1 aromatic carbocycles. The first-order valence-electron chi connectivity index (χ1n) is 4.69. The first kappa shape index (κ1) is 11.4. The number of halogens is 3. The van der Waals surface area contributed by atoms with Crippen LogP contribution in [-0.4, -0.2) is 4.98 Å². The van der Waals surface area contributed by atoms with Gasteiger partial charge in [-0.1, -0.05) is 0 Å². The Kier molecular flexibility index (Phi) is 2.97. The highest BCUT2D eigenvalue weighted by Crippen LogP contribution is 2.23. The smallest absolute Gasteiger partial charge is 0.194 e. The minimum absolute atomic E-state index is 0.138. The summed E-state index contributed by atoms with van der Waals surface area (Å²) in [5.74, 6) is 1.18. The van der Waals surface area contributed by atoms with Gasteiger partial charge in [0.15, 0.2) is 17.5 Å². The summed E-state index contributed by atoms with van der Waals surface area (Å²) in [6.45, 7) is 0. The van der Waals surface area contributed by atoms with Crippen molar-refractivity contribution in [1.82, 2.24) is 4.98 Å². The molecule has 0 saturated carbocycles. The molecule has 3 nitrogen and oxygen atoms in total. The third-order valence-electron chi connectivity index (χ3n) is 2.21. The van der Waals surface area contributed by atoms with Crippen LogP contribution in [-0.2, 0) is 0 Å². The van der Waals surface area contributed by atoms with Crippen molar-refractivity contribution in [3.8, 4) is 11.3 Å². The number of nitrogens with one attached hydrogen (secondary N) is 1. The van der Waals surface area contributed by atoms with Crippen LogP contribution in [0.25, 0.3) is 11.3 Å². The molecule has 0 aliphatic heterocycles. The van der Waals surface area contributed by atoms with E-state index in [-0.39, 0.29) is 5.56 Å². The summed E-state index contributed by atoms with van der Waals surface area (Å²) in [5, 5.41) is 0. The maximum absolute atomic E-state index is 13.0. The fraction of sp³-hybridized carbons (Fsp3) is 0. The van der Waals surface area contributed by atoms with Gasteiger partial charge in [0.1, 0.15) is 0 Å². The van der Waals surface area contributed by atoms with Crippen LogP contribution in [0.5, 0.6) is 0 Å². The van der Waals surface area contributed by atoms with Crippen LogP contribution in [0.3, 0.4) is 0 Å². The van der Waals surface area contributed by atoms with Gasteiger partial charge in [-0.25, -0.2) is 13.2 Å². The Bertz CT molecular complexity index is 534. The van der Waals surface area contributed by atoms with Crippen LogP contribution in [0, 0.1) is 17.5 Å². The Morgan fingerprint density at radius 2 is 1.71 bits per heavy atom. The summed E-state index contributed by atoms with van der Waals surface area (Å²) >= 11 is 0. The lowest BCUT2D eigenvalue weighted by atomic mass is 10.1. The Labute approximate surface area is 95.1 Å². The van der Waals surface area contributed by atoms with Crippen LogP contribution in [0.15, 0.2) is 30.5 Å². The third kappa shape index (κ3) is 2.21. The highest BCUT2D eigenvalue weighted by molar-refractivity contribution is 5.63. The molecule has 2 rings (SSSR count). The van der Waals surface area contributed by atoms with Crippen molar-refractivity contribution in [3.05, 3.63) is 47.9 Å². The highest BCUT2D eigenvalue weighted by atomic mass is 19.2. The van der Waals surface area contributed by atoms with E-state index in [0.717, 1.165) is 12.1 Å². The second-order valence-electron chi connectivity index (χ2n) is 3.33. The van der Waals surface area contributed by atoms with Crippen molar-refractivity contribution >= 4 is 5.69 Å². The Morgan fingerprint density at radius 3 is 2.29 bits per heavy atom. The molecule has 3 N–H and O–H groups in total. The molecule has 0 atom stereocenters. The molecule has 0 aliphatic rings. The van der Waals surface area contributed by atoms with E-state index in [9.17, 15) is 13.2 Å². The molecule has 0 fully saturated rings. The van der Waals surface area contributed by atoms with Crippen LogP contribution in [0.2, 0.25) is 0 Å². The van der Waals surface area contributed by atoms with E-state index < -0.39 is 17.5 Å². The minimum Gasteiger partial charge on any atom is -0.324 e. The first-order chi connectivity index (χ1) is 8.11. The maximum Gasteiger partial charge on any atom is 0.194 e. The van der Waals surface area contributed by atoms with Crippen LogP contribution >= 0.6 is 0 Å². The lowest BCUT2D eigenvalue weighted by Gasteiger charge is -2.05. The number of benzene rings is 1. The molecule has 2 aromatic rings. The number of anilines is 1. The van der Waals surface area contributed by atoms with Crippen molar-refractivity contribution in [3.63, 3.8) is 0 Å². The summed E-state index contributed by atoms with van der Waals surface area (Å²) < 4.78 is 38.8. The van der Waals surface area contributed by atoms with Crippen molar-refractivity contribution in [2.45, 2.75) is 0 Å². The van der Waals surface area contributed by atoms with Crippen LogP contribution < -0.4 is 11.3 Å².